The number of nitrogens with zero attached hydrogens (tertiary/aromatic N) is 1. The summed E-state index contributed by atoms with van der Waals surface area (Å²) >= 11 is 11.9. The lowest BCUT2D eigenvalue weighted by Crippen LogP contribution is -2.25. The average Bonchev–Trinajstić information content (AvgIpc) is 2.57. The number of thiol groups is 1. The van der Waals surface area contributed by atoms with E-state index >= 15 is 0 Å². The Hall–Kier alpha value is -0.320. The predicted octanol–water partition coefficient (Wildman–Crippen LogP) is 3.10. The third-order valence-electron chi connectivity index (χ3n) is 2.54. The van der Waals surface area contributed by atoms with E-state index in [0.29, 0.717) is 18.0 Å². The van der Waals surface area contributed by atoms with Gasteiger partial charge in [0.15, 0.2) is 0 Å². The molecular weight excluding hydrogens is 262 g/mol. The van der Waals surface area contributed by atoms with Gasteiger partial charge in [0.25, 0.3) is 0 Å². The summed E-state index contributed by atoms with van der Waals surface area (Å²) < 4.78 is 0. The van der Waals surface area contributed by atoms with Gasteiger partial charge in [0.1, 0.15) is 0 Å². The van der Waals surface area contributed by atoms with Crippen molar-refractivity contribution in [3.8, 4) is 0 Å². The maximum Gasteiger partial charge on any atom is 0.228 e. The summed E-state index contributed by atoms with van der Waals surface area (Å²) in [7, 11) is 0. The van der Waals surface area contributed by atoms with Crippen molar-refractivity contribution in [3.63, 3.8) is 0 Å². The lowest BCUT2D eigenvalue weighted by molar-refractivity contribution is -0.117. The molecule has 86 valence electrons. The van der Waals surface area contributed by atoms with Crippen molar-refractivity contribution in [1.82, 2.24) is 0 Å². The van der Waals surface area contributed by atoms with Gasteiger partial charge in [-0.05, 0) is 24.5 Å². The van der Waals surface area contributed by atoms with E-state index in [4.69, 9.17) is 11.6 Å². The molecule has 1 aliphatic heterocycles. The van der Waals surface area contributed by atoms with Crippen molar-refractivity contribution in [1.29, 1.82) is 0 Å². The molecule has 16 heavy (non-hydrogen) atoms. The molecule has 1 amide bonds. The van der Waals surface area contributed by atoms with Crippen LogP contribution in [0.2, 0.25) is 5.02 Å². The summed E-state index contributed by atoms with van der Waals surface area (Å²) in [6.45, 7) is 0.663. The number of halogens is 1. The maximum atomic E-state index is 11.8. The van der Waals surface area contributed by atoms with E-state index < -0.39 is 0 Å². The average molecular weight is 274 g/mol. The highest BCUT2D eigenvalue weighted by atomic mass is 35.5. The van der Waals surface area contributed by atoms with Crippen LogP contribution in [0.3, 0.4) is 0 Å². The number of benzene rings is 1. The highest BCUT2D eigenvalue weighted by Crippen LogP contribution is 2.34. The Kier molecular flexibility index (Phi) is 3.72. The quantitative estimate of drug-likeness (QED) is 0.660. The smallest absolute Gasteiger partial charge is 0.228 e. The number of carbonyl (C=O) groups is 1. The van der Waals surface area contributed by atoms with E-state index in [1.54, 1.807) is 16.7 Å². The minimum absolute atomic E-state index is 0.123. The summed E-state index contributed by atoms with van der Waals surface area (Å²) in [6.07, 6.45) is 2.49. The van der Waals surface area contributed by atoms with Gasteiger partial charge in [-0.15, -0.1) is 11.8 Å². The molecule has 1 heterocycles. The summed E-state index contributed by atoms with van der Waals surface area (Å²) in [6, 6.07) is 5.63. The van der Waals surface area contributed by atoms with Crippen LogP contribution >= 0.6 is 36.0 Å². The standard InChI is InChI=1S/C11H12ClNOS2/c1-16-10-3-2-7(12)4-9(10)13-6-8(15)5-11(13)14/h2-4,8,15H,5-6H2,1H3. The molecule has 0 N–H and O–H groups in total. The summed E-state index contributed by atoms with van der Waals surface area (Å²) in [5, 5.41) is 0.782. The summed E-state index contributed by atoms with van der Waals surface area (Å²) in [4.78, 5) is 14.6. The van der Waals surface area contributed by atoms with Gasteiger partial charge in [-0.1, -0.05) is 11.6 Å². The van der Waals surface area contributed by atoms with E-state index in [1.807, 2.05) is 24.5 Å². The van der Waals surface area contributed by atoms with Crippen molar-refractivity contribution < 1.29 is 4.79 Å². The minimum atomic E-state index is 0.123. The molecule has 1 saturated heterocycles. The Morgan fingerprint density at radius 2 is 2.31 bits per heavy atom. The topological polar surface area (TPSA) is 20.3 Å². The van der Waals surface area contributed by atoms with Crippen molar-refractivity contribution in [2.75, 3.05) is 17.7 Å². The Morgan fingerprint density at radius 1 is 1.56 bits per heavy atom. The number of carbonyl (C=O) groups excluding carboxylic acids is 1. The van der Waals surface area contributed by atoms with Gasteiger partial charge in [0.2, 0.25) is 5.91 Å². The number of anilines is 1. The van der Waals surface area contributed by atoms with Gasteiger partial charge in [0.05, 0.1) is 5.69 Å². The number of rotatable bonds is 2. The normalized spacial score (nSPS) is 20.6. The summed E-state index contributed by atoms with van der Waals surface area (Å²) in [5.74, 6) is 0.123. The minimum Gasteiger partial charge on any atom is -0.310 e. The van der Waals surface area contributed by atoms with E-state index in [0.717, 1.165) is 10.6 Å². The molecule has 0 spiro atoms. The van der Waals surface area contributed by atoms with Crippen molar-refractivity contribution in [2.24, 2.45) is 0 Å². The Labute approximate surface area is 110 Å². The highest BCUT2D eigenvalue weighted by molar-refractivity contribution is 7.98. The molecule has 0 radical (unpaired) electrons. The van der Waals surface area contributed by atoms with Crippen molar-refractivity contribution in [2.45, 2.75) is 16.6 Å². The van der Waals surface area contributed by atoms with Crippen molar-refractivity contribution in [3.05, 3.63) is 23.2 Å². The Balaban J connectivity index is 2.39. The molecule has 5 heteroatoms. The van der Waals surface area contributed by atoms with Crippen LogP contribution in [0.15, 0.2) is 23.1 Å². The molecule has 2 nitrogen and oxygen atoms in total. The van der Waals surface area contributed by atoms with Gasteiger partial charge >= 0.3 is 0 Å². The second-order valence-corrected chi connectivity index (χ2v) is 5.69. The molecule has 0 aliphatic carbocycles. The van der Waals surface area contributed by atoms with Gasteiger partial charge < -0.3 is 4.90 Å². The molecular formula is C11H12ClNOS2. The lowest BCUT2D eigenvalue weighted by atomic mass is 10.3. The van der Waals surface area contributed by atoms with Crippen LogP contribution in [0.4, 0.5) is 5.69 Å². The van der Waals surface area contributed by atoms with Gasteiger partial charge in [0, 0.05) is 28.1 Å². The van der Waals surface area contributed by atoms with Crippen LogP contribution in [0, 0.1) is 0 Å². The van der Waals surface area contributed by atoms with Gasteiger partial charge in [-0.3, -0.25) is 4.79 Å². The molecule has 1 fully saturated rings. The molecule has 1 aromatic carbocycles. The van der Waals surface area contributed by atoms with Crippen LogP contribution in [-0.4, -0.2) is 24.0 Å². The molecule has 1 unspecified atom stereocenters. The largest absolute Gasteiger partial charge is 0.310 e. The lowest BCUT2D eigenvalue weighted by Gasteiger charge is -2.19. The predicted molar refractivity (Wildman–Crippen MR) is 73.0 cm³/mol. The Bertz CT molecular complexity index is 424. The zero-order valence-electron chi connectivity index (χ0n) is 8.81. The molecule has 1 aliphatic rings. The second kappa shape index (κ2) is 4.90. The van der Waals surface area contributed by atoms with E-state index in [1.165, 1.54) is 0 Å². The van der Waals surface area contributed by atoms with Gasteiger partial charge in [-0.2, -0.15) is 12.6 Å². The number of thioether (sulfide) groups is 1. The number of amides is 1. The van der Waals surface area contributed by atoms with Crippen LogP contribution in [-0.2, 0) is 4.79 Å². The zero-order valence-corrected chi connectivity index (χ0v) is 11.3. The third-order valence-corrected chi connectivity index (χ3v) is 3.90. The molecule has 0 saturated carbocycles. The third kappa shape index (κ3) is 2.34. The van der Waals surface area contributed by atoms with Crippen LogP contribution in [0.1, 0.15) is 6.42 Å². The molecule has 1 atom stereocenters. The van der Waals surface area contributed by atoms with E-state index in [-0.39, 0.29) is 11.2 Å². The first-order valence-electron chi connectivity index (χ1n) is 4.94. The van der Waals surface area contributed by atoms with E-state index in [9.17, 15) is 4.79 Å². The Morgan fingerprint density at radius 3 is 2.88 bits per heavy atom. The fourth-order valence-corrected chi connectivity index (χ4v) is 2.86. The maximum absolute atomic E-state index is 11.8. The molecule has 2 rings (SSSR count). The SMILES string of the molecule is CSc1ccc(Cl)cc1N1CC(S)CC1=O. The summed E-state index contributed by atoms with van der Waals surface area (Å²) in [5.41, 5.74) is 0.904. The van der Waals surface area contributed by atoms with Crippen molar-refractivity contribution >= 4 is 47.6 Å². The van der Waals surface area contributed by atoms with Gasteiger partial charge in [-0.25, -0.2) is 0 Å². The first-order valence-corrected chi connectivity index (χ1v) is 7.05. The monoisotopic (exact) mass is 273 g/mol. The second-order valence-electron chi connectivity index (χ2n) is 3.68. The molecule has 0 bridgehead atoms. The molecule has 1 aromatic rings. The van der Waals surface area contributed by atoms with Crippen LogP contribution < -0.4 is 4.90 Å². The first kappa shape index (κ1) is 12.1. The van der Waals surface area contributed by atoms with E-state index in [2.05, 4.69) is 12.6 Å². The fourth-order valence-electron chi connectivity index (χ4n) is 1.80. The fraction of sp³-hybridized carbons (Fsp3) is 0.364. The molecule has 0 aromatic heterocycles. The highest BCUT2D eigenvalue weighted by Gasteiger charge is 2.29. The van der Waals surface area contributed by atoms with Crippen LogP contribution in [0.5, 0.6) is 0 Å². The first-order chi connectivity index (χ1) is 7.61. The number of hydrogen-bond donors (Lipinski definition) is 1. The van der Waals surface area contributed by atoms with Crippen LogP contribution in [0.25, 0.3) is 0 Å². The number of hydrogen-bond acceptors (Lipinski definition) is 3. The zero-order chi connectivity index (χ0) is 11.7.